The summed E-state index contributed by atoms with van der Waals surface area (Å²) >= 11 is 0. The van der Waals surface area contributed by atoms with E-state index in [1.54, 1.807) is 6.07 Å². The molecule has 1 aliphatic heterocycles. The van der Waals surface area contributed by atoms with Crippen molar-refractivity contribution in [3.8, 4) is 0 Å². The second-order valence-corrected chi connectivity index (χ2v) is 8.12. The van der Waals surface area contributed by atoms with Crippen LogP contribution in [0.5, 0.6) is 0 Å². The summed E-state index contributed by atoms with van der Waals surface area (Å²) in [4.78, 5) is 13.0. The molecule has 0 bridgehead atoms. The van der Waals surface area contributed by atoms with Gasteiger partial charge in [0, 0.05) is 28.3 Å². The smallest absolute Gasteiger partial charge is 0.258 e. The molecule has 162 valence electrons. The zero-order chi connectivity index (χ0) is 22.8. The van der Waals surface area contributed by atoms with Gasteiger partial charge < -0.3 is 22.1 Å². The average Bonchev–Trinajstić information content (AvgIpc) is 3.15. The molecule has 6 N–H and O–H groups in total. The normalized spacial score (nSPS) is 13.9. The highest BCUT2D eigenvalue weighted by Crippen LogP contribution is 2.38. The molecular formula is C28H24N4O. The highest BCUT2D eigenvalue weighted by Gasteiger charge is 2.28. The van der Waals surface area contributed by atoms with E-state index in [2.05, 4.69) is 22.8 Å². The molecule has 0 aromatic heterocycles. The van der Waals surface area contributed by atoms with Crippen molar-refractivity contribution in [2.45, 2.75) is 6.42 Å². The first-order chi connectivity index (χ1) is 16.1. The number of hydrogen-bond acceptors (Lipinski definition) is 4. The fourth-order valence-corrected chi connectivity index (χ4v) is 4.04. The van der Waals surface area contributed by atoms with E-state index in [1.807, 2.05) is 78.9 Å². The van der Waals surface area contributed by atoms with Crippen LogP contribution in [0.25, 0.3) is 11.3 Å². The Morgan fingerprint density at radius 3 is 2.09 bits per heavy atom. The van der Waals surface area contributed by atoms with Gasteiger partial charge in [-0.15, -0.1) is 0 Å². The summed E-state index contributed by atoms with van der Waals surface area (Å²) in [6, 6.07) is 31.5. The van der Waals surface area contributed by atoms with Crippen LogP contribution in [0.2, 0.25) is 0 Å². The summed E-state index contributed by atoms with van der Waals surface area (Å²) in [5.74, 6) is -0.151. The molecule has 4 aromatic rings. The van der Waals surface area contributed by atoms with Crippen LogP contribution in [0.3, 0.4) is 0 Å². The minimum atomic E-state index is -0.151. The third-order valence-corrected chi connectivity index (χ3v) is 5.71. The predicted octanol–water partition coefficient (Wildman–Crippen LogP) is 5.37. The zero-order valence-electron chi connectivity index (χ0n) is 18.0. The van der Waals surface area contributed by atoms with Gasteiger partial charge in [-0.3, -0.25) is 4.79 Å². The summed E-state index contributed by atoms with van der Waals surface area (Å²) in [6.07, 6.45) is 0.822. The van der Waals surface area contributed by atoms with Crippen molar-refractivity contribution < 1.29 is 4.79 Å². The number of nitrogens with one attached hydrogen (secondary N) is 2. The minimum Gasteiger partial charge on any atom is -0.399 e. The van der Waals surface area contributed by atoms with Gasteiger partial charge in [-0.2, -0.15) is 0 Å². The van der Waals surface area contributed by atoms with E-state index in [-0.39, 0.29) is 5.91 Å². The van der Waals surface area contributed by atoms with Crippen LogP contribution in [0, 0.1) is 0 Å². The van der Waals surface area contributed by atoms with Gasteiger partial charge in [0.1, 0.15) is 0 Å². The third-order valence-electron chi connectivity index (χ3n) is 5.71. The van der Waals surface area contributed by atoms with Crippen LogP contribution < -0.4 is 22.1 Å². The molecule has 5 rings (SSSR count). The van der Waals surface area contributed by atoms with Crippen molar-refractivity contribution in [2.24, 2.45) is 0 Å². The van der Waals surface area contributed by atoms with Gasteiger partial charge in [-0.05, 0) is 65.6 Å². The molecule has 5 heteroatoms. The number of nitrogen functional groups attached to an aromatic ring is 2. The number of benzene rings is 4. The van der Waals surface area contributed by atoms with Crippen LogP contribution in [0.4, 0.5) is 22.7 Å². The molecule has 0 fully saturated rings. The lowest BCUT2D eigenvalue weighted by atomic mass is 9.99. The zero-order valence-corrected chi connectivity index (χ0v) is 18.0. The largest absolute Gasteiger partial charge is 0.399 e. The maximum absolute atomic E-state index is 13.0. The first kappa shape index (κ1) is 20.4. The van der Waals surface area contributed by atoms with Crippen molar-refractivity contribution in [1.29, 1.82) is 0 Å². The Bertz CT molecular complexity index is 1340. The first-order valence-corrected chi connectivity index (χ1v) is 10.8. The van der Waals surface area contributed by atoms with E-state index in [4.69, 9.17) is 11.5 Å². The van der Waals surface area contributed by atoms with E-state index >= 15 is 0 Å². The molecule has 0 saturated carbocycles. The maximum atomic E-state index is 13.0. The number of rotatable bonds is 5. The van der Waals surface area contributed by atoms with Gasteiger partial charge >= 0.3 is 0 Å². The Kier molecular flexibility index (Phi) is 5.29. The summed E-state index contributed by atoms with van der Waals surface area (Å²) in [6.45, 7) is 0. The number of carbonyl (C=O) groups excluding carboxylic acids is 1. The number of amides is 1. The molecule has 0 radical (unpaired) electrons. The molecule has 0 unspecified atom stereocenters. The fourth-order valence-electron chi connectivity index (χ4n) is 4.04. The number of anilines is 4. The molecule has 5 nitrogen and oxygen atoms in total. The second-order valence-electron chi connectivity index (χ2n) is 8.12. The van der Waals surface area contributed by atoms with Crippen LogP contribution in [-0.4, -0.2) is 5.91 Å². The van der Waals surface area contributed by atoms with Gasteiger partial charge in [0.2, 0.25) is 0 Å². The molecule has 0 spiro atoms. The number of fused-ring (bicyclic) bond motifs is 1. The molecule has 4 aromatic carbocycles. The summed E-state index contributed by atoms with van der Waals surface area (Å²) in [5.41, 5.74) is 20.3. The van der Waals surface area contributed by atoms with Gasteiger partial charge in [0.15, 0.2) is 0 Å². The Morgan fingerprint density at radius 1 is 0.758 bits per heavy atom. The summed E-state index contributed by atoms with van der Waals surface area (Å²) in [7, 11) is 0. The maximum Gasteiger partial charge on any atom is 0.258 e. The van der Waals surface area contributed by atoms with E-state index in [1.165, 1.54) is 11.1 Å². The number of hydrogen-bond donors (Lipinski definition) is 4. The number of carbonyl (C=O) groups is 1. The molecular weight excluding hydrogens is 408 g/mol. The third kappa shape index (κ3) is 4.29. The lowest BCUT2D eigenvalue weighted by molar-refractivity contribution is -0.110. The van der Waals surface area contributed by atoms with Crippen LogP contribution in [0.15, 0.2) is 97.1 Å². The molecule has 0 saturated heterocycles. The van der Waals surface area contributed by atoms with Gasteiger partial charge in [-0.1, -0.05) is 54.6 Å². The second kappa shape index (κ2) is 8.55. The molecule has 1 aliphatic rings. The highest BCUT2D eigenvalue weighted by molar-refractivity contribution is 6.37. The average molecular weight is 433 g/mol. The van der Waals surface area contributed by atoms with E-state index in [9.17, 15) is 4.79 Å². The van der Waals surface area contributed by atoms with Gasteiger partial charge in [-0.25, -0.2) is 0 Å². The Labute approximate surface area is 192 Å². The molecule has 33 heavy (non-hydrogen) atoms. The quantitative estimate of drug-likeness (QED) is 0.252. The van der Waals surface area contributed by atoms with Crippen molar-refractivity contribution >= 4 is 39.9 Å². The van der Waals surface area contributed by atoms with Crippen LogP contribution >= 0.6 is 0 Å². The minimum absolute atomic E-state index is 0.151. The van der Waals surface area contributed by atoms with E-state index in [0.29, 0.717) is 11.3 Å². The molecule has 1 amide bonds. The van der Waals surface area contributed by atoms with Crippen molar-refractivity contribution in [2.75, 3.05) is 22.1 Å². The lowest BCUT2D eigenvalue weighted by Gasteiger charge is -2.15. The molecule has 0 atom stereocenters. The van der Waals surface area contributed by atoms with E-state index in [0.717, 1.165) is 40.3 Å². The molecule has 1 heterocycles. The van der Waals surface area contributed by atoms with E-state index < -0.39 is 0 Å². The van der Waals surface area contributed by atoms with Crippen molar-refractivity contribution in [1.82, 2.24) is 0 Å². The van der Waals surface area contributed by atoms with Crippen LogP contribution in [0.1, 0.15) is 22.3 Å². The summed E-state index contributed by atoms with van der Waals surface area (Å²) in [5, 5.41) is 6.44. The van der Waals surface area contributed by atoms with Crippen LogP contribution in [-0.2, 0) is 11.2 Å². The summed E-state index contributed by atoms with van der Waals surface area (Å²) < 4.78 is 0. The topological polar surface area (TPSA) is 93.2 Å². The SMILES string of the molecule is Nc1ccc(Cc2ccc(N/C(=C3\C(=O)Nc4ccc(N)cc43)c3ccccc3)cc2)cc1. The number of nitrogens with two attached hydrogens (primary N) is 2. The monoisotopic (exact) mass is 432 g/mol. The lowest BCUT2D eigenvalue weighted by Crippen LogP contribution is -2.10. The van der Waals surface area contributed by atoms with Gasteiger partial charge in [0.05, 0.1) is 11.3 Å². The predicted molar refractivity (Wildman–Crippen MR) is 136 cm³/mol. The Morgan fingerprint density at radius 2 is 1.39 bits per heavy atom. The van der Waals surface area contributed by atoms with Crippen molar-refractivity contribution in [3.63, 3.8) is 0 Å². The first-order valence-electron chi connectivity index (χ1n) is 10.8. The Balaban J connectivity index is 1.50. The standard InChI is InChI=1S/C28H24N4O/c29-21-10-6-18(7-11-21)16-19-8-13-23(14-9-19)31-27(20-4-2-1-3-5-20)26-24-17-22(30)12-15-25(24)32-28(26)33/h1-15,17,31H,16,29-30H2,(H,32,33)/b27-26-. The molecule has 0 aliphatic carbocycles. The Hall–Kier alpha value is -4.51. The van der Waals surface area contributed by atoms with Crippen molar-refractivity contribution in [3.05, 3.63) is 119 Å². The van der Waals surface area contributed by atoms with Gasteiger partial charge in [0.25, 0.3) is 5.91 Å². The highest BCUT2D eigenvalue weighted by atomic mass is 16.2. The fraction of sp³-hybridized carbons (Fsp3) is 0.0357.